The molecule has 1 N–H and O–H groups in total. The van der Waals surface area contributed by atoms with Gasteiger partial charge in [0.05, 0.1) is 0 Å². The van der Waals surface area contributed by atoms with E-state index in [4.69, 9.17) is 4.74 Å². The number of anilines is 1. The maximum absolute atomic E-state index is 11.2. The number of hydrogen-bond donors (Lipinski definition) is 1. The van der Waals surface area contributed by atoms with E-state index in [1.807, 2.05) is 19.1 Å². The SMILES string of the molecule is Cc1cc2c(s1)NC(=NCCCCc1ccccc1)OC2C=O. The van der Waals surface area contributed by atoms with Crippen LogP contribution < -0.4 is 5.32 Å². The van der Waals surface area contributed by atoms with E-state index in [0.29, 0.717) is 12.6 Å². The molecule has 3 rings (SSSR count). The van der Waals surface area contributed by atoms with Crippen LogP contribution in [-0.4, -0.2) is 18.9 Å². The first kappa shape index (κ1) is 15.7. The monoisotopic (exact) mass is 328 g/mol. The highest BCUT2D eigenvalue weighted by Gasteiger charge is 2.26. The van der Waals surface area contributed by atoms with Crippen LogP contribution >= 0.6 is 11.3 Å². The lowest BCUT2D eigenvalue weighted by molar-refractivity contribution is -0.114. The Bertz CT molecular complexity index is 694. The van der Waals surface area contributed by atoms with Crippen molar-refractivity contribution in [2.24, 2.45) is 4.99 Å². The summed E-state index contributed by atoms with van der Waals surface area (Å²) in [5, 5.41) is 4.14. The number of amidine groups is 1. The second-order valence-corrected chi connectivity index (χ2v) is 6.83. The summed E-state index contributed by atoms with van der Waals surface area (Å²) in [6.45, 7) is 2.72. The van der Waals surface area contributed by atoms with Crippen LogP contribution in [0.2, 0.25) is 0 Å². The average molecular weight is 328 g/mol. The third-order valence-corrected chi connectivity index (χ3v) is 4.73. The number of benzene rings is 1. The highest BCUT2D eigenvalue weighted by Crippen LogP contribution is 2.36. The summed E-state index contributed by atoms with van der Waals surface area (Å²) in [5.74, 6) is 0. The zero-order valence-electron chi connectivity index (χ0n) is 13.1. The van der Waals surface area contributed by atoms with Gasteiger partial charge < -0.3 is 10.1 Å². The van der Waals surface area contributed by atoms with Crippen LogP contribution in [-0.2, 0) is 16.0 Å². The van der Waals surface area contributed by atoms with Gasteiger partial charge in [0, 0.05) is 17.0 Å². The third-order valence-electron chi connectivity index (χ3n) is 3.74. The van der Waals surface area contributed by atoms with Crippen molar-refractivity contribution < 1.29 is 9.53 Å². The van der Waals surface area contributed by atoms with E-state index in [1.54, 1.807) is 11.3 Å². The van der Waals surface area contributed by atoms with Crippen LogP contribution in [0.25, 0.3) is 0 Å². The molecule has 5 heteroatoms. The number of rotatable bonds is 6. The summed E-state index contributed by atoms with van der Waals surface area (Å²) in [7, 11) is 0. The van der Waals surface area contributed by atoms with Crippen molar-refractivity contribution in [2.75, 3.05) is 11.9 Å². The number of aliphatic imine (C=N–C) groups is 1. The first-order chi connectivity index (χ1) is 11.3. The smallest absolute Gasteiger partial charge is 0.290 e. The molecule has 1 aromatic heterocycles. The normalized spacial score (nSPS) is 18.1. The Labute approximate surface area is 140 Å². The lowest BCUT2D eigenvalue weighted by Gasteiger charge is -2.22. The Morgan fingerprint density at radius 2 is 2.13 bits per heavy atom. The summed E-state index contributed by atoms with van der Waals surface area (Å²) in [5.41, 5.74) is 2.26. The topological polar surface area (TPSA) is 50.7 Å². The van der Waals surface area contributed by atoms with Crippen molar-refractivity contribution >= 4 is 28.6 Å². The molecule has 0 saturated heterocycles. The number of nitrogens with one attached hydrogen (secondary N) is 1. The molecule has 0 amide bonds. The standard InChI is InChI=1S/C18H20N2O2S/c1-13-11-15-16(12-21)22-18(20-17(15)23-13)19-10-6-5-9-14-7-3-2-4-8-14/h2-4,7-8,11-12,16H,5-6,9-10H2,1H3,(H,19,20). The van der Waals surface area contributed by atoms with E-state index in [1.165, 1.54) is 5.56 Å². The van der Waals surface area contributed by atoms with Crippen LogP contribution in [0.3, 0.4) is 0 Å². The number of nitrogens with zero attached hydrogens (tertiary/aromatic N) is 1. The molecule has 1 aromatic carbocycles. The average Bonchev–Trinajstić information content (AvgIpc) is 2.95. The molecule has 23 heavy (non-hydrogen) atoms. The molecular weight excluding hydrogens is 308 g/mol. The molecule has 0 saturated carbocycles. The Kier molecular flexibility index (Phi) is 5.08. The van der Waals surface area contributed by atoms with Crippen LogP contribution in [0.4, 0.5) is 5.00 Å². The highest BCUT2D eigenvalue weighted by molar-refractivity contribution is 7.16. The van der Waals surface area contributed by atoms with Crippen molar-refractivity contribution in [1.29, 1.82) is 0 Å². The van der Waals surface area contributed by atoms with Gasteiger partial charge in [0.15, 0.2) is 12.4 Å². The minimum Gasteiger partial charge on any atom is -0.449 e. The predicted molar refractivity (Wildman–Crippen MR) is 94.3 cm³/mol. The summed E-state index contributed by atoms with van der Waals surface area (Å²) in [4.78, 5) is 16.8. The van der Waals surface area contributed by atoms with Crippen LogP contribution in [0.15, 0.2) is 41.4 Å². The molecular formula is C18H20N2O2S. The van der Waals surface area contributed by atoms with Gasteiger partial charge in [-0.1, -0.05) is 30.3 Å². The second-order valence-electron chi connectivity index (χ2n) is 5.57. The number of aldehydes is 1. The number of hydrogen-bond acceptors (Lipinski definition) is 4. The van der Waals surface area contributed by atoms with Crippen LogP contribution in [0, 0.1) is 6.92 Å². The molecule has 0 radical (unpaired) electrons. The number of fused-ring (bicyclic) bond motifs is 1. The van der Waals surface area contributed by atoms with Gasteiger partial charge in [0.1, 0.15) is 5.00 Å². The summed E-state index contributed by atoms with van der Waals surface area (Å²) < 4.78 is 5.62. The number of thiophene rings is 1. The van der Waals surface area contributed by atoms with Gasteiger partial charge in [-0.2, -0.15) is 0 Å². The van der Waals surface area contributed by atoms with Crippen molar-refractivity contribution in [3.63, 3.8) is 0 Å². The fourth-order valence-corrected chi connectivity index (χ4v) is 3.54. The zero-order valence-corrected chi connectivity index (χ0v) is 13.9. The fourth-order valence-electron chi connectivity index (χ4n) is 2.60. The van der Waals surface area contributed by atoms with Crippen molar-refractivity contribution in [1.82, 2.24) is 0 Å². The van der Waals surface area contributed by atoms with Crippen LogP contribution in [0.1, 0.15) is 34.9 Å². The maximum Gasteiger partial charge on any atom is 0.290 e. The summed E-state index contributed by atoms with van der Waals surface area (Å²) in [6, 6.07) is 12.9. The van der Waals surface area contributed by atoms with Gasteiger partial charge in [-0.3, -0.25) is 4.79 Å². The van der Waals surface area contributed by atoms with Gasteiger partial charge in [-0.05, 0) is 37.8 Å². The summed E-state index contributed by atoms with van der Waals surface area (Å²) in [6.07, 6.45) is 3.42. The molecule has 1 unspecified atom stereocenters. The maximum atomic E-state index is 11.2. The number of ether oxygens (including phenoxy) is 1. The molecule has 2 aromatic rings. The first-order valence-electron chi connectivity index (χ1n) is 7.84. The molecule has 2 heterocycles. The molecule has 1 aliphatic heterocycles. The lowest BCUT2D eigenvalue weighted by atomic mass is 10.1. The van der Waals surface area contributed by atoms with Crippen molar-refractivity contribution in [3.8, 4) is 0 Å². The van der Waals surface area contributed by atoms with E-state index in [2.05, 4.69) is 34.6 Å². The number of carbonyl (C=O) groups is 1. The minimum absolute atomic E-state index is 0.455. The van der Waals surface area contributed by atoms with E-state index in [-0.39, 0.29) is 0 Å². The van der Waals surface area contributed by atoms with Gasteiger partial charge in [0.25, 0.3) is 6.02 Å². The predicted octanol–water partition coefficient (Wildman–Crippen LogP) is 4.12. The van der Waals surface area contributed by atoms with Gasteiger partial charge in [-0.25, -0.2) is 4.99 Å². The Hall–Kier alpha value is -2.14. The molecule has 0 aliphatic carbocycles. The quantitative estimate of drug-likeness (QED) is 0.641. The molecule has 0 bridgehead atoms. The van der Waals surface area contributed by atoms with E-state index < -0.39 is 6.10 Å². The second kappa shape index (κ2) is 7.42. The first-order valence-corrected chi connectivity index (χ1v) is 8.65. The Morgan fingerprint density at radius 3 is 2.91 bits per heavy atom. The number of aryl methyl sites for hydroxylation is 2. The van der Waals surface area contributed by atoms with E-state index >= 15 is 0 Å². The largest absolute Gasteiger partial charge is 0.449 e. The van der Waals surface area contributed by atoms with Crippen molar-refractivity contribution in [3.05, 3.63) is 52.4 Å². The molecule has 0 fully saturated rings. The molecule has 1 aliphatic rings. The lowest BCUT2D eigenvalue weighted by Crippen LogP contribution is -2.26. The zero-order chi connectivity index (χ0) is 16.1. The number of carbonyl (C=O) groups excluding carboxylic acids is 1. The fraction of sp³-hybridized carbons (Fsp3) is 0.333. The molecule has 1 atom stereocenters. The Balaban J connectivity index is 1.51. The summed E-state index contributed by atoms with van der Waals surface area (Å²) >= 11 is 1.62. The highest BCUT2D eigenvalue weighted by atomic mass is 32.1. The Morgan fingerprint density at radius 1 is 1.30 bits per heavy atom. The third kappa shape index (κ3) is 3.99. The van der Waals surface area contributed by atoms with E-state index in [0.717, 1.165) is 41.0 Å². The van der Waals surface area contributed by atoms with Crippen LogP contribution in [0.5, 0.6) is 0 Å². The molecule has 120 valence electrons. The minimum atomic E-state index is -0.542. The molecule has 0 spiro atoms. The molecule has 4 nitrogen and oxygen atoms in total. The van der Waals surface area contributed by atoms with E-state index in [9.17, 15) is 4.79 Å². The van der Waals surface area contributed by atoms with Gasteiger partial charge >= 0.3 is 0 Å². The number of unbranched alkanes of at least 4 members (excludes halogenated alkanes) is 1. The van der Waals surface area contributed by atoms with Gasteiger partial charge in [-0.15, -0.1) is 11.3 Å². The van der Waals surface area contributed by atoms with Crippen molar-refractivity contribution in [2.45, 2.75) is 32.3 Å². The van der Waals surface area contributed by atoms with Gasteiger partial charge in [0.2, 0.25) is 0 Å².